The summed E-state index contributed by atoms with van der Waals surface area (Å²) in [6.07, 6.45) is 1.81. The molecule has 0 radical (unpaired) electrons. The van der Waals surface area contributed by atoms with Crippen LogP contribution in [0.15, 0.2) is 71.2 Å². The Hall–Kier alpha value is -3.10. The highest BCUT2D eigenvalue weighted by Crippen LogP contribution is 2.29. The van der Waals surface area contributed by atoms with Crippen molar-refractivity contribution in [1.29, 1.82) is 5.26 Å². The van der Waals surface area contributed by atoms with Gasteiger partial charge in [-0.15, -0.1) is 0 Å². The van der Waals surface area contributed by atoms with E-state index in [0.717, 1.165) is 26.9 Å². The zero-order valence-corrected chi connectivity index (χ0v) is 16.7. The van der Waals surface area contributed by atoms with Crippen LogP contribution in [-0.2, 0) is 6.61 Å². The molecule has 0 fully saturated rings. The molecule has 0 aliphatic heterocycles. The summed E-state index contributed by atoms with van der Waals surface area (Å²) in [5.74, 6) is 1.09. The van der Waals surface area contributed by atoms with Crippen molar-refractivity contribution in [2.45, 2.75) is 6.61 Å². The standard InChI is InChI=1S/C23H17BrFNO2/c1-27-21-8-6-18(7-9-21)19(14-26)11-16-5-10-23(22(24)13-16)28-15-17-3-2-4-20(25)12-17/h2-13H,15H2,1H3/b19-11+. The first-order valence-electron chi connectivity index (χ1n) is 8.52. The average Bonchev–Trinajstić information content (AvgIpc) is 2.71. The number of benzene rings is 3. The smallest absolute Gasteiger partial charge is 0.134 e. The van der Waals surface area contributed by atoms with Crippen LogP contribution in [0.1, 0.15) is 16.7 Å². The number of methoxy groups -OCH3 is 1. The maximum Gasteiger partial charge on any atom is 0.134 e. The first-order valence-corrected chi connectivity index (χ1v) is 9.31. The molecule has 5 heteroatoms. The summed E-state index contributed by atoms with van der Waals surface area (Å²) in [5, 5.41) is 9.51. The van der Waals surface area contributed by atoms with Crippen LogP contribution < -0.4 is 9.47 Å². The molecule has 0 bridgehead atoms. The van der Waals surface area contributed by atoms with Gasteiger partial charge in [-0.05, 0) is 87.2 Å². The normalized spacial score (nSPS) is 11.0. The average molecular weight is 438 g/mol. The van der Waals surface area contributed by atoms with E-state index in [1.165, 1.54) is 12.1 Å². The molecule has 3 rings (SSSR count). The molecule has 0 saturated carbocycles. The van der Waals surface area contributed by atoms with E-state index >= 15 is 0 Å². The van der Waals surface area contributed by atoms with Gasteiger partial charge < -0.3 is 9.47 Å². The van der Waals surface area contributed by atoms with Gasteiger partial charge in [0.1, 0.15) is 23.9 Å². The number of halogens is 2. The quantitative estimate of drug-likeness (QED) is 0.338. The van der Waals surface area contributed by atoms with Crippen LogP contribution in [0.3, 0.4) is 0 Å². The van der Waals surface area contributed by atoms with Crippen LogP contribution in [0.2, 0.25) is 0 Å². The number of hydrogen-bond acceptors (Lipinski definition) is 3. The Morgan fingerprint density at radius 2 is 1.89 bits per heavy atom. The molecule has 0 saturated heterocycles. The summed E-state index contributed by atoms with van der Waals surface area (Å²) >= 11 is 3.49. The summed E-state index contributed by atoms with van der Waals surface area (Å²) in [4.78, 5) is 0. The fourth-order valence-corrected chi connectivity index (χ4v) is 3.14. The fraction of sp³-hybridized carbons (Fsp3) is 0.0870. The second-order valence-corrected chi connectivity index (χ2v) is 6.86. The topological polar surface area (TPSA) is 42.2 Å². The van der Waals surface area contributed by atoms with Gasteiger partial charge in [0.25, 0.3) is 0 Å². The third kappa shape index (κ3) is 4.99. The van der Waals surface area contributed by atoms with E-state index in [4.69, 9.17) is 9.47 Å². The lowest BCUT2D eigenvalue weighted by molar-refractivity contribution is 0.303. The van der Waals surface area contributed by atoms with Crippen molar-refractivity contribution in [1.82, 2.24) is 0 Å². The predicted octanol–water partition coefficient (Wildman–Crippen LogP) is 6.24. The molecule has 3 aromatic carbocycles. The Balaban J connectivity index is 1.76. The second kappa shape index (κ2) is 9.20. The second-order valence-electron chi connectivity index (χ2n) is 6.01. The molecule has 28 heavy (non-hydrogen) atoms. The molecule has 0 amide bonds. The van der Waals surface area contributed by atoms with Gasteiger partial charge in [-0.1, -0.05) is 18.2 Å². The third-order valence-corrected chi connectivity index (χ3v) is 4.69. The fourth-order valence-electron chi connectivity index (χ4n) is 2.63. The maximum absolute atomic E-state index is 13.3. The first-order chi connectivity index (χ1) is 13.6. The van der Waals surface area contributed by atoms with Crippen molar-refractivity contribution in [2.75, 3.05) is 7.11 Å². The zero-order valence-electron chi connectivity index (χ0n) is 15.2. The lowest BCUT2D eigenvalue weighted by atomic mass is 10.0. The van der Waals surface area contributed by atoms with E-state index in [2.05, 4.69) is 22.0 Å². The van der Waals surface area contributed by atoms with Crippen LogP contribution in [0.4, 0.5) is 4.39 Å². The number of nitriles is 1. The van der Waals surface area contributed by atoms with Crippen LogP contribution in [0.25, 0.3) is 11.6 Å². The first kappa shape index (κ1) is 19.7. The predicted molar refractivity (Wildman–Crippen MR) is 111 cm³/mol. The summed E-state index contributed by atoms with van der Waals surface area (Å²) in [6, 6.07) is 21.4. The van der Waals surface area contributed by atoms with E-state index in [9.17, 15) is 9.65 Å². The van der Waals surface area contributed by atoms with E-state index in [1.54, 1.807) is 13.2 Å². The van der Waals surface area contributed by atoms with Gasteiger partial charge in [-0.2, -0.15) is 5.26 Å². The lowest BCUT2D eigenvalue weighted by Gasteiger charge is -2.09. The highest BCUT2D eigenvalue weighted by atomic mass is 79.9. The van der Waals surface area contributed by atoms with Crippen LogP contribution in [0, 0.1) is 17.1 Å². The van der Waals surface area contributed by atoms with E-state index in [-0.39, 0.29) is 12.4 Å². The molecule has 140 valence electrons. The Labute approximate surface area is 171 Å². The maximum atomic E-state index is 13.3. The Kier molecular flexibility index (Phi) is 6.46. The molecule has 3 nitrogen and oxygen atoms in total. The number of rotatable bonds is 6. The van der Waals surface area contributed by atoms with Crippen LogP contribution >= 0.6 is 15.9 Å². The van der Waals surface area contributed by atoms with Gasteiger partial charge in [0, 0.05) is 0 Å². The highest BCUT2D eigenvalue weighted by Gasteiger charge is 2.06. The summed E-state index contributed by atoms with van der Waals surface area (Å²) in [5.41, 5.74) is 2.97. The minimum atomic E-state index is -0.289. The van der Waals surface area contributed by atoms with Crippen molar-refractivity contribution in [3.05, 3.63) is 93.7 Å². The molecule has 0 N–H and O–H groups in total. The van der Waals surface area contributed by atoms with Crippen molar-refractivity contribution < 1.29 is 13.9 Å². The van der Waals surface area contributed by atoms with E-state index in [1.807, 2.05) is 54.6 Å². The molecule has 3 aromatic rings. The largest absolute Gasteiger partial charge is 0.497 e. The Bertz CT molecular complexity index is 1040. The SMILES string of the molecule is COc1ccc(/C(C#N)=C/c2ccc(OCc3cccc(F)c3)c(Br)c2)cc1. The molecular formula is C23H17BrFNO2. The zero-order chi connectivity index (χ0) is 19.9. The van der Waals surface area contributed by atoms with Gasteiger partial charge in [0.15, 0.2) is 0 Å². The van der Waals surface area contributed by atoms with Gasteiger partial charge >= 0.3 is 0 Å². The molecule has 0 aliphatic carbocycles. The lowest BCUT2D eigenvalue weighted by Crippen LogP contribution is -1.96. The summed E-state index contributed by atoms with van der Waals surface area (Å²) in [6.45, 7) is 0.265. The van der Waals surface area contributed by atoms with Gasteiger partial charge in [-0.25, -0.2) is 4.39 Å². The van der Waals surface area contributed by atoms with Crippen molar-refractivity contribution in [3.63, 3.8) is 0 Å². The summed E-state index contributed by atoms with van der Waals surface area (Å²) < 4.78 is 24.9. The minimum Gasteiger partial charge on any atom is -0.497 e. The van der Waals surface area contributed by atoms with Gasteiger partial charge in [0.05, 0.1) is 23.2 Å². The van der Waals surface area contributed by atoms with Crippen LogP contribution in [0.5, 0.6) is 11.5 Å². The van der Waals surface area contributed by atoms with E-state index in [0.29, 0.717) is 11.3 Å². The van der Waals surface area contributed by atoms with Crippen molar-refractivity contribution >= 4 is 27.6 Å². The molecule has 0 aliphatic rings. The molecular weight excluding hydrogens is 421 g/mol. The number of ether oxygens (including phenoxy) is 2. The number of allylic oxidation sites excluding steroid dienone is 1. The minimum absolute atomic E-state index is 0.265. The van der Waals surface area contributed by atoms with Crippen molar-refractivity contribution in [2.24, 2.45) is 0 Å². The molecule has 0 spiro atoms. The van der Waals surface area contributed by atoms with Crippen LogP contribution in [-0.4, -0.2) is 7.11 Å². The highest BCUT2D eigenvalue weighted by molar-refractivity contribution is 9.10. The monoisotopic (exact) mass is 437 g/mol. The summed E-state index contributed by atoms with van der Waals surface area (Å²) in [7, 11) is 1.60. The van der Waals surface area contributed by atoms with E-state index < -0.39 is 0 Å². The third-order valence-electron chi connectivity index (χ3n) is 4.07. The van der Waals surface area contributed by atoms with Crippen molar-refractivity contribution in [3.8, 4) is 17.6 Å². The number of nitrogens with zero attached hydrogens (tertiary/aromatic N) is 1. The van der Waals surface area contributed by atoms with Gasteiger partial charge in [0.2, 0.25) is 0 Å². The molecule has 0 aromatic heterocycles. The molecule has 0 atom stereocenters. The Morgan fingerprint density at radius 3 is 2.54 bits per heavy atom. The molecule has 0 unspecified atom stereocenters. The Morgan fingerprint density at radius 1 is 1.11 bits per heavy atom. The molecule has 0 heterocycles. The number of hydrogen-bond donors (Lipinski definition) is 0. The van der Waals surface area contributed by atoms with Gasteiger partial charge in [-0.3, -0.25) is 0 Å².